The topological polar surface area (TPSA) is 90.3 Å². The molecule has 0 aliphatic carbocycles. The number of ketones is 1. The van der Waals surface area contributed by atoms with Gasteiger partial charge in [0, 0.05) is 6.54 Å². The summed E-state index contributed by atoms with van der Waals surface area (Å²) in [5.74, 6) is -3.36. The van der Waals surface area contributed by atoms with Crippen LogP contribution >= 0.6 is 11.6 Å². The predicted molar refractivity (Wildman–Crippen MR) is 71.3 cm³/mol. The molecule has 0 saturated heterocycles. The van der Waals surface area contributed by atoms with Crippen LogP contribution in [0.4, 0.5) is 10.1 Å². The van der Waals surface area contributed by atoms with Crippen molar-refractivity contribution in [1.29, 1.82) is 5.26 Å². The molecular formula is C13H9ClFN3O3. The highest BCUT2D eigenvalue weighted by Gasteiger charge is 2.40. The minimum absolute atomic E-state index is 0.0443. The van der Waals surface area contributed by atoms with E-state index in [2.05, 4.69) is 5.32 Å². The van der Waals surface area contributed by atoms with Gasteiger partial charge in [-0.05, 0) is 12.1 Å². The van der Waals surface area contributed by atoms with Crippen LogP contribution in [0.25, 0.3) is 0 Å². The van der Waals surface area contributed by atoms with Crippen LogP contribution in [0, 0.1) is 17.1 Å². The molecule has 2 amide bonds. The summed E-state index contributed by atoms with van der Waals surface area (Å²) in [4.78, 5) is 36.1. The minimum Gasteiger partial charge on any atom is -0.354 e. The second-order valence-electron chi connectivity index (χ2n) is 4.23. The summed E-state index contributed by atoms with van der Waals surface area (Å²) >= 11 is 5.80. The summed E-state index contributed by atoms with van der Waals surface area (Å²) in [6.07, 6.45) is 0.107. The molecule has 0 spiro atoms. The van der Waals surface area contributed by atoms with E-state index in [0.29, 0.717) is 0 Å². The third kappa shape index (κ3) is 2.71. The van der Waals surface area contributed by atoms with Crippen molar-refractivity contribution >= 4 is 34.9 Å². The van der Waals surface area contributed by atoms with Gasteiger partial charge in [-0.15, -0.1) is 0 Å². The van der Waals surface area contributed by atoms with E-state index < -0.39 is 30.0 Å². The molecule has 0 atom stereocenters. The van der Waals surface area contributed by atoms with E-state index in [1.54, 1.807) is 0 Å². The summed E-state index contributed by atoms with van der Waals surface area (Å²) < 4.78 is 13.8. The zero-order valence-electron chi connectivity index (χ0n) is 10.7. The fourth-order valence-corrected chi connectivity index (χ4v) is 2.20. The number of halogens is 2. The largest absolute Gasteiger partial charge is 0.354 e. The van der Waals surface area contributed by atoms with Gasteiger partial charge in [0.2, 0.25) is 5.91 Å². The molecule has 1 heterocycles. The Balaban J connectivity index is 2.26. The number of rotatable bonds is 4. The van der Waals surface area contributed by atoms with Gasteiger partial charge in [-0.2, -0.15) is 5.26 Å². The summed E-state index contributed by atoms with van der Waals surface area (Å²) in [7, 11) is 0. The number of hydrogen-bond acceptors (Lipinski definition) is 4. The van der Waals surface area contributed by atoms with Crippen LogP contribution in [0.3, 0.4) is 0 Å². The lowest BCUT2D eigenvalue weighted by atomic mass is 10.1. The Labute approximate surface area is 124 Å². The molecule has 1 N–H and O–H groups in total. The SMILES string of the molecule is N#CCCNC(=O)CN1C(=O)C(=O)c2c(Cl)ccc(F)c21. The molecule has 0 fully saturated rings. The van der Waals surface area contributed by atoms with Crippen molar-refractivity contribution in [2.45, 2.75) is 6.42 Å². The van der Waals surface area contributed by atoms with Crippen molar-refractivity contribution in [3.63, 3.8) is 0 Å². The lowest BCUT2D eigenvalue weighted by molar-refractivity contribution is -0.122. The fourth-order valence-electron chi connectivity index (χ4n) is 1.96. The Morgan fingerprint density at radius 1 is 1.43 bits per heavy atom. The van der Waals surface area contributed by atoms with E-state index in [1.165, 1.54) is 6.07 Å². The molecule has 8 heteroatoms. The van der Waals surface area contributed by atoms with Gasteiger partial charge in [-0.25, -0.2) is 4.39 Å². The quantitative estimate of drug-likeness (QED) is 0.664. The van der Waals surface area contributed by atoms with E-state index in [1.807, 2.05) is 6.07 Å². The summed E-state index contributed by atoms with van der Waals surface area (Å²) in [5, 5.41) is 10.7. The van der Waals surface area contributed by atoms with Crippen LogP contribution in [0.5, 0.6) is 0 Å². The van der Waals surface area contributed by atoms with Gasteiger partial charge < -0.3 is 5.32 Å². The molecule has 0 aromatic heterocycles. The number of benzene rings is 1. The maximum atomic E-state index is 13.8. The number of carbonyl (C=O) groups is 3. The lowest BCUT2D eigenvalue weighted by Crippen LogP contribution is -2.40. The van der Waals surface area contributed by atoms with Gasteiger partial charge in [0.15, 0.2) is 0 Å². The zero-order valence-corrected chi connectivity index (χ0v) is 11.4. The standard InChI is InChI=1S/C13H9ClFN3O3/c14-7-2-3-8(15)11-10(7)12(20)13(21)18(11)6-9(19)17-5-1-4-16/h2-3H,1,5-6H2,(H,17,19). The molecule has 1 aliphatic rings. The summed E-state index contributed by atoms with van der Waals surface area (Å²) in [6, 6.07) is 4.04. The first kappa shape index (κ1) is 14.9. The highest BCUT2D eigenvalue weighted by Crippen LogP contribution is 2.36. The molecule has 21 heavy (non-hydrogen) atoms. The number of Topliss-reactive ketones (excluding diaryl/α,β-unsaturated/α-hetero) is 1. The second kappa shape index (κ2) is 5.89. The number of fused-ring (bicyclic) bond motifs is 1. The molecule has 2 rings (SSSR count). The van der Waals surface area contributed by atoms with Gasteiger partial charge in [0.25, 0.3) is 11.7 Å². The van der Waals surface area contributed by atoms with Crippen LogP contribution < -0.4 is 10.2 Å². The summed E-state index contributed by atoms with van der Waals surface area (Å²) in [5.41, 5.74) is -0.514. The maximum absolute atomic E-state index is 13.8. The average molecular weight is 310 g/mol. The molecule has 1 aromatic carbocycles. The first-order valence-electron chi connectivity index (χ1n) is 5.95. The highest BCUT2D eigenvalue weighted by molar-refractivity contribution is 6.55. The molecule has 0 radical (unpaired) electrons. The van der Waals surface area contributed by atoms with Crippen molar-refractivity contribution in [2.24, 2.45) is 0 Å². The Morgan fingerprint density at radius 2 is 2.14 bits per heavy atom. The van der Waals surface area contributed by atoms with Gasteiger partial charge in [0.1, 0.15) is 12.4 Å². The van der Waals surface area contributed by atoms with Gasteiger partial charge in [-0.3, -0.25) is 19.3 Å². The molecular weight excluding hydrogens is 301 g/mol. The number of amides is 2. The van der Waals surface area contributed by atoms with Gasteiger partial charge in [0.05, 0.1) is 28.8 Å². The summed E-state index contributed by atoms with van der Waals surface area (Å²) in [6.45, 7) is -0.406. The molecule has 1 aromatic rings. The number of anilines is 1. The number of nitriles is 1. The molecule has 108 valence electrons. The van der Waals surface area contributed by atoms with Crippen LogP contribution in [-0.2, 0) is 9.59 Å². The van der Waals surface area contributed by atoms with Crippen molar-refractivity contribution in [3.8, 4) is 6.07 Å². The third-order valence-electron chi connectivity index (χ3n) is 2.87. The predicted octanol–water partition coefficient (Wildman–Crippen LogP) is 1.04. The van der Waals surface area contributed by atoms with Gasteiger partial charge in [-0.1, -0.05) is 11.6 Å². The second-order valence-corrected chi connectivity index (χ2v) is 4.64. The maximum Gasteiger partial charge on any atom is 0.300 e. The molecule has 0 saturated carbocycles. The van der Waals surface area contributed by atoms with Crippen LogP contribution in [0.1, 0.15) is 16.8 Å². The van der Waals surface area contributed by atoms with Gasteiger partial charge >= 0.3 is 0 Å². The smallest absolute Gasteiger partial charge is 0.300 e. The van der Waals surface area contributed by atoms with E-state index in [0.717, 1.165) is 11.0 Å². The number of nitrogens with one attached hydrogen (secondary N) is 1. The monoisotopic (exact) mass is 309 g/mol. The fraction of sp³-hybridized carbons (Fsp3) is 0.231. The molecule has 6 nitrogen and oxygen atoms in total. The Morgan fingerprint density at radius 3 is 2.81 bits per heavy atom. The van der Waals surface area contributed by atoms with Crippen LogP contribution in [0.2, 0.25) is 5.02 Å². The van der Waals surface area contributed by atoms with Crippen molar-refractivity contribution in [2.75, 3.05) is 18.0 Å². The van der Waals surface area contributed by atoms with E-state index >= 15 is 0 Å². The van der Waals surface area contributed by atoms with E-state index in [-0.39, 0.29) is 29.2 Å². The molecule has 0 unspecified atom stereocenters. The minimum atomic E-state index is -1.01. The number of carbonyl (C=O) groups excluding carboxylic acids is 3. The Bertz CT molecular complexity index is 684. The van der Waals surface area contributed by atoms with E-state index in [9.17, 15) is 18.8 Å². The third-order valence-corrected chi connectivity index (χ3v) is 3.19. The highest BCUT2D eigenvalue weighted by atomic mass is 35.5. The zero-order chi connectivity index (χ0) is 15.6. The Hall–Kier alpha value is -2.46. The van der Waals surface area contributed by atoms with Crippen molar-refractivity contribution < 1.29 is 18.8 Å². The van der Waals surface area contributed by atoms with Crippen molar-refractivity contribution in [3.05, 3.63) is 28.5 Å². The van der Waals surface area contributed by atoms with Crippen LogP contribution in [0.15, 0.2) is 12.1 Å². The number of nitrogens with zero attached hydrogens (tertiary/aromatic N) is 2. The molecule has 1 aliphatic heterocycles. The lowest BCUT2D eigenvalue weighted by Gasteiger charge is -2.16. The average Bonchev–Trinajstić information content (AvgIpc) is 2.69. The Kier molecular flexibility index (Phi) is 4.19. The number of hydrogen-bond donors (Lipinski definition) is 1. The van der Waals surface area contributed by atoms with Crippen molar-refractivity contribution in [1.82, 2.24) is 5.32 Å². The first-order valence-corrected chi connectivity index (χ1v) is 6.33. The first-order chi connectivity index (χ1) is 9.97. The normalized spacial score (nSPS) is 13.1. The van der Waals surface area contributed by atoms with E-state index in [4.69, 9.17) is 16.9 Å². The molecule has 0 bridgehead atoms. The van der Waals surface area contributed by atoms with Crippen LogP contribution in [-0.4, -0.2) is 30.7 Å².